The minimum Gasteiger partial charge on any atom is -0.325 e. The Hall–Kier alpha value is -1.23. The summed E-state index contributed by atoms with van der Waals surface area (Å²) in [4.78, 5) is 28.5. The minimum atomic E-state index is -0.206. The van der Waals surface area contributed by atoms with Crippen molar-refractivity contribution in [2.75, 3.05) is 13.3 Å². The first-order valence-corrected chi connectivity index (χ1v) is 7.14. The minimum absolute atomic E-state index is 0.0152. The molecule has 0 spiro atoms. The molecule has 0 radical (unpaired) electrons. The number of pyridine rings is 1. The fourth-order valence-corrected chi connectivity index (χ4v) is 3.25. The fourth-order valence-electron chi connectivity index (χ4n) is 2.36. The van der Waals surface area contributed by atoms with Crippen molar-refractivity contribution in [2.45, 2.75) is 31.6 Å². The number of fused-ring (bicyclic) bond motifs is 1. The van der Waals surface area contributed by atoms with Gasteiger partial charge in [0.1, 0.15) is 5.37 Å². The second kappa shape index (κ2) is 4.16. The highest BCUT2D eigenvalue weighted by molar-refractivity contribution is 7.98. The maximum absolute atomic E-state index is 12.2. The first-order chi connectivity index (χ1) is 8.27. The van der Waals surface area contributed by atoms with Gasteiger partial charge in [-0.3, -0.25) is 9.59 Å². The number of aromatic amines is 1. The predicted octanol–water partition coefficient (Wildman–Crippen LogP) is 2.12. The van der Waals surface area contributed by atoms with E-state index in [1.165, 1.54) is 6.07 Å². The zero-order chi connectivity index (χ0) is 13.7. The van der Waals surface area contributed by atoms with Crippen LogP contribution in [0.3, 0.4) is 0 Å². The molecule has 1 aliphatic rings. The highest BCUT2D eigenvalue weighted by Crippen LogP contribution is 2.42. The van der Waals surface area contributed by atoms with E-state index in [9.17, 15) is 9.59 Å². The average Bonchev–Trinajstić information content (AvgIpc) is 2.50. The number of thioether (sulfide) groups is 1. The van der Waals surface area contributed by atoms with Crippen LogP contribution in [0, 0.1) is 0 Å². The molecule has 1 atom stereocenters. The largest absolute Gasteiger partial charge is 0.325 e. The molecule has 1 aromatic rings. The van der Waals surface area contributed by atoms with Crippen LogP contribution in [0.25, 0.3) is 0 Å². The van der Waals surface area contributed by atoms with Crippen molar-refractivity contribution in [3.8, 4) is 0 Å². The fraction of sp³-hybridized carbons (Fsp3) is 0.538. The number of nitrogens with one attached hydrogen (secondary N) is 1. The number of amides is 1. The summed E-state index contributed by atoms with van der Waals surface area (Å²) in [6, 6.07) is 1.42. The molecule has 1 N–H and O–H groups in total. The second-order valence-electron chi connectivity index (χ2n) is 5.59. The van der Waals surface area contributed by atoms with Gasteiger partial charge in [0.15, 0.2) is 0 Å². The van der Waals surface area contributed by atoms with Gasteiger partial charge in [0.25, 0.3) is 5.91 Å². The molecule has 2 heterocycles. The summed E-state index contributed by atoms with van der Waals surface area (Å²) in [7, 11) is 1.78. The Bertz CT molecular complexity index is 557. The number of carbonyl (C=O) groups is 1. The molecule has 1 aliphatic heterocycles. The third kappa shape index (κ3) is 1.86. The number of carbonyl (C=O) groups excluding carboxylic acids is 1. The van der Waals surface area contributed by atoms with Crippen molar-refractivity contribution in [1.29, 1.82) is 0 Å². The van der Waals surface area contributed by atoms with Crippen LogP contribution in [0.2, 0.25) is 0 Å². The molecule has 0 fully saturated rings. The quantitative estimate of drug-likeness (QED) is 0.847. The van der Waals surface area contributed by atoms with Crippen molar-refractivity contribution in [1.82, 2.24) is 9.88 Å². The highest BCUT2D eigenvalue weighted by Gasteiger charge is 2.38. The normalized spacial score (nSPS) is 19.3. The van der Waals surface area contributed by atoms with Gasteiger partial charge in [0, 0.05) is 29.8 Å². The molecule has 5 heteroatoms. The first kappa shape index (κ1) is 13.2. The third-order valence-corrected chi connectivity index (χ3v) is 4.20. The SMILES string of the molecule is CS[C@H]1c2c(cc(=O)[nH]c2C(C)(C)C)C(=O)N1C. The van der Waals surface area contributed by atoms with Gasteiger partial charge in [0.05, 0.1) is 5.56 Å². The van der Waals surface area contributed by atoms with E-state index in [1.807, 2.05) is 27.0 Å². The lowest BCUT2D eigenvalue weighted by Crippen LogP contribution is -2.23. The number of aromatic nitrogens is 1. The first-order valence-electron chi connectivity index (χ1n) is 5.85. The summed E-state index contributed by atoms with van der Waals surface area (Å²) in [6.07, 6.45) is 1.97. The maximum atomic E-state index is 12.2. The number of H-pyrrole nitrogens is 1. The predicted molar refractivity (Wildman–Crippen MR) is 74.1 cm³/mol. The molecule has 2 rings (SSSR count). The van der Waals surface area contributed by atoms with Gasteiger partial charge < -0.3 is 9.88 Å². The molecule has 98 valence electrons. The molecule has 0 saturated carbocycles. The van der Waals surface area contributed by atoms with Crippen molar-refractivity contribution in [3.63, 3.8) is 0 Å². The summed E-state index contributed by atoms with van der Waals surface area (Å²) < 4.78 is 0. The van der Waals surface area contributed by atoms with E-state index in [4.69, 9.17) is 0 Å². The number of hydrogen-bond donors (Lipinski definition) is 1. The molecule has 1 amide bonds. The lowest BCUT2D eigenvalue weighted by atomic mass is 9.87. The van der Waals surface area contributed by atoms with E-state index in [0.29, 0.717) is 5.56 Å². The van der Waals surface area contributed by atoms with Gasteiger partial charge in [-0.25, -0.2) is 0 Å². The summed E-state index contributed by atoms with van der Waals surface area (Å²) in [5.74, 6) is -0.0686. The van der Waals surface area contributed by atoms with Crippen LogP contribution in [0.5, 0.6) is 0 Å². The zero-order valence-electron chi connectivity index (χ0n) is 11.3. The monoisotopic (exact) mass is 266 g/mol. The third-order valence-electron chi connectivity index (χ3n) is 3.21. The zero-order valence-corrected chi connectivity index (χ0v) is 12.1. The van der Waals surface area contributed by atoms with Crippen LogP contribution >= 0.6 is 11.8 Å². The maximum Gasteiger partial charge on any atom is 0.255 e. The Balaban J connectivity index is 2.78. The van der Waals surface area contributed by atoms with Crippen molar-refractivity contribution < 1.29 is 4.79 Å². The van der Waals surface area contributed by atoms with Crippen molar-refractivity contribution in [3.05, 3.63) is 33.2 Å². The Labute approximate surface area is 111 Å². The van der Waals surface area contributed by atoms with Gasteiger partial charge in [-0.1, -0.05) is 20.8 Å². The Morgan fingerprint density at radius 2 is 1.94 bits per heavy atom. The molecule has 18 heavy (non-hydrogen) atoms. The lowest BCUT2D eigenvalue weighted by molar-refractivity contribution is 0.0812. The van der Waals surface area contributed by atoms with Crippen LogP contribution < -0.4 is 5.56 Å². The van der Waals surface area contributed by atoms with Crippen molar-refractivity contribution in [2.24, 2.45) is 0 Å². The summed E-state index contributed by atoms with van der Waals surface area (Å²) in [5.41, 5.74) is 1.97. The highest BCUT2D eigenvalue weighted by atomic mass is 32.2. The Morgan fingerprint density at radius 1 is 1.33 bits per heavy atom. The Morgan fingerprint density at radius 3 is 2.44 bits per heavy atom. The van der Waals surface area contributed by atoms with E-state index in [0.717, 1.165) is 11.3 Å². The van der Waals surface area contributed by atoms with E-state index < -0.39 is 0 Å². The van der Waals surface area contributed by atoms with Gasteiger partial charge in [0.2, 0.25) is 5.56 Å². The van der Waals surface area contributed by atoms with Gasteiger partial charge in [-0.2, -0.15) is 0 Å². The molecule has 1 aromatic heterocycles. The van der Waals surface area contributed by atoms with Crippen LogP contribution in [0.1, 0.15) is 47.8 Å². The van der Waals surface area contributed by atoms with Crippen LogP contribution in [0.15, 0.2) is 10.9 Å². The smallest absolute Gasteiger partial charge is 0.255 e. The molecule has 4 nitrogen and oxygen atoms in total. The average molecular weight is 266 g/mol. The molecule has 0 unspecified atom stereocenters. The van der Waals surface area contributed by atoms with Crippen LogP contribution in [0.4, 0.5) is 0 Å². The molecule has 0 bridgehead atoms. The van der Waals surface area contributed by atoms with Crippen LogP contribution in [-0.2, 0) is 5.41 Å². The van der Waals surface area contributed by atoms with E-state index in [-0.39, 0.29) is 22.3 Å². The summed E-state index contributed by atoms with van der Waals surface area (Å²) in [6.45, 7) is 6.12. The van der Waals surface area contributed by atoms with Crippen molar-refractivity contribution >= 4 is 17.7 Å². The molecule has 0 saturated heterocycles. The number of rotatable bonds is 1. The van der Waals surface area contributed by atoms with E-state index in [2.05, 4.69) is 4.98 Å². The Kier molecular flexibility index (Phi) is 3.05. The van der Waals surface area contributed by atoms with E-state index >= 15 is 0 Å². The van der Waals surface area contributed by atoms with E-state index in [1.54, 1.807) is 23.7 Å². The number of hydrogen-bond acceptors (Lipinski definition) is 3. The molecular weight excluding hydrogens is 248 g/mol. The van der Waals surface area contributed by atoms with Crippen LogP contribution in [-0.4, -0.2) is 29.1 Å². The molecule has 0 aliphatic carbocycles. The molecule has 0 aromatic carbocycles. The summed E-state index contributed by atoms with van der Waals surface area (Å²) >= 11 is 1.61. The standard InChI is InChI=1S/C13H18N2O2S/c1-13(2,3)10-9-7(6-8(16)14-10)11(17)15(4)12(9)18-5/h6,12H,1-5H3,(H,14,16)/t12-/m0/s1. The van der Waals surface area contributed by atoms with Gasteiger partial charge in [-0.05, 0) is 6.26 Å². The van der Waals surface area contributed by atoms with Gasteiger partial charge >= 0.3 is 0 Å². The lowest BCUT2D eigenvalue weighted by Gasteiger charge is -2.25. The molecular formula is C13H18N2O2S. The topological polar surface area (TPSA) is 53.2 Å². The number of nitrogens with zero attached hydrogens (tertiary/aromatic N) is 1. The second-order valence-corrected chi connectivity index (χ2v) is 6.51. The van der Waals surface area contributed by atoms with Gasteiger partial charge in [-0.15, -0.1) is 11.8 Å². The summed E-state index contributed by atoms with van der Waals surface area (Å²) in [5, 5.41) is -0.0152.